The summed E-state index contributed by atoms with van der Waals surface area (Å²) in [5.74, 6) is 0.717. The van der Waals surface area contributed by atoms with Crippen LogP contribution in [0, 0.1) is 16.7 Å². The standard InChI is InChI=1S/C17H30/c1-7-16(4,5)14-10-12-15(13-11-14)17(6,8-2)9-3/h10,12-14H,7-9,11H2,1-6H3. The van der Waals surface area contributed by atoms with Crippen LogP contribution in [0.2, 0.25) is 0 Å². The van der Waals surface area contributed by atoms with Gasteiger partial charge in [-0.3, -0.25) is 0 Å². The summed E-state index contributed by atoms with van der Waals surface area (Å²) in [6.45, 7) is 14.1. The highest BCUT2D eigenvalue weighted by molar-refractivity contribution is 5.30. The molecule has 1 atom stereocenters. The van der Waals surface area contributed by atoms with E-state index in [2.05, 4.69) is 59.8 Å². The van der Waals surface area contributed by atoms with Gasteiger partial charge in [-0.15, -0.1) is 0 Å². The van der Waals surface area contributed by atoms with Crippen LogP contribution in [0.25, 0.3) is 0 Å². The van der Waals surface area contributed by atoms with Crippen molar-refractivity contribution in [2.24, 2.45) is 16.7 Å². The first-order valence-corrected chi connectivity index (χ1v) is 7.28. The van der Waals surface area contributed by atoms with Crippen molar-refractivity contribution in [3.63, 3.8) is 0 Å². The van der Waals surface area contributed by atoms with Gasteiger partial charge in [0.05, 0.1) is 0 Å². The molecule has 0 saturated carbocycles. The molecule has 0 aromatic rings. The van der Waals surface area contributed by atoms with Crippen molar-refractivity contribution in [1.29, 1.82) is 0 Å². The maximum absolute atomic E-state index is 2.50. The minimum absolute atomic E-state index is 0.387. The smallest absolute Gasteiger partial charge is 0.00837 e. The van der Waals surface area contributed by atoms with E-state index in [0.29, 0.717) is 16.7 Å². The highest BCUT2D eigenvalue weighted by atomic mass is 14.3. The number of rotatable bonds is 5. The molecule has 0 nitrogen and oxygen atoms in total. The largest absolute Gasteiger partial charge is 0.0803 e. The Morgan fingerprint density at radius 1 is 1.06 bits per heavy atom. The van der Waals surface area contributed by atoms with Gasteiger partial charge < -0.3 is 0 Å². The maximum Gasteiger partial charge on any atom is -0.00837 e. The molecule has 0 saturated heterocycles. The van der Waals surface area contributed by atoms with Gasteiger partial charge in [0.25, 0.3) is 0 Å². The zero-order valence-electron chi connectivity index (χ0n) is 12.6. The predicted octanol–water partition coefficient (Wildman–Crippen LogP) is 5.75. The molecule has 17 heavy (non-hydrogen) atoms. The van der Waals surface area contributed by atoms with Crippen molar-refractivity contribution in [3.8, 4) is 0 Å². The van der Waals surface area contributed by atoms with Gasteiger partial charge in [0.15, 0.2) is 0 Å². The van der Waals surface area contributed by atoms with E-state index in [1.807, 2.05) is 0 Å². The molecule has 0 N–H and O–H groups in total. The summed E-state index contributed by atoms with van der Waals surface area (Å²) >= 11 is 0. The summed E-state index contributed by atoms with van der Waals surface area (Å²) in [6, 6.07) is 0. The number of hydrogen-bond acceptors (Lipinski definition) is 0. The molecule has 98 valence electrons. The first-order valence-electron chi connectivity index (χ1n) is 7.28. The molecule has 0 aromatic heterocycles. The first-order chi connectivity index (χ1) is 7.89. The summed E-state index contributed by atoms with van der Waals surface area (Å²) in [5, 5.41) is 0. The lowest BCUT2D eigenvalue weighted by Crippen LogP contribution is -2.24. The zero-order chi connectivity index (χ0) is 13.1. The molecule has 0 amide bonds. The lowest BCUT2D eigenvalue weighted by atomic mass is 9.69. The Bertz CT molecular complexity index is 300. The summed E-state index contributed by atoms with van der Waals surface area (Å²) in [6.07, 6.45) is 12.3. The fourth-order valence-electron chi connectivity index (χ4n) is 2.57. The third kappa shape index (κ3) is 3.03. The summed E-state index contributed by atoms with van der Waals surface area (Å²) in [7, 11) is 0. The van der Waals surface area contributed by atoms with Crippen molar-refractivity contribution >= 4 is 0 Å². The van der Waals surface area contributed by atoms with Gasteiger partial charge in [-0.2, -0.15) is 0 Å². The average molecular weight is 234 g/mol. The minimum atomic E-state index is 0.387. The van der Waals surface area contributed by atoms with Crippen molar-refractivity contribution in [2.45, 2.75) is 67.2 Å². The van der Waals surface area contributed by atoms with Crippen LogP contribution in [0.15, 0.2) is 23.8 Å². The van der Waals surface area contributed by atoms with Crippen LogP contribution in [0.1, 0.15) is 67.2 Å². The fourth-order valence-corrected chi connectivity index (χ4v) is 2.57. The van der Waals surface area contributed by atoms with Crippen LogP contribution >= 0.6 is 0 Å². The van der Waals surface area contributed by atoms with Crippen LogP contribution in [0.5, 0.6) is 0 Å². The lowest BCUT2D eigenvalue weighted by molar-refractivity contribution is 0.246. The van der Waals surface area contributed by atoms with Gasteiger partial charge in [-0.05, 0) is 41.6 Å². The van der Waals surface area contributed by atoms with Gasteiger partial charge in [-0.25, -0.2) is 0 Å². The maximum atomic E-state index is 2.50. The number of allylic oxidation sites excluding steroid dienone is 4. The van der Waals surface area contributed by atoms with E-state index in [-0.39, 0.29) is 0 Å². The predicted molar refractivity (Wildman–Crippen MR) is 78.1 cm³/mol. The van der Waals surface area contributed by atoms with Crippen LogP contribution in [-0.2, 0) is 0 Å². The van der Waals surface area contributed by atoms with E-state index in [9.17, 15) is 0 Å². The molecule has 1 aliphatic carbocycles. The van der Waals surface area contributed by atoms with Gasteiger partial charge in [-0.1, -0.05) is 66.2 Å². The number of hydrogen-bond donors (Lipinski definition) is 0. The Labute approximate surface area is 108 Å². The molecule has 0 aliphatic heterocycles. The summed E-state index contributed by atoms with van der Waals surface area (Å²) in [4.78, 5) is 0. The molecule has 0 spiro atoms. The van der Waals surface area contributed by atoms with Gasteiger partial charge in [0, 0.05) is 0 Å². The Morgan fingerprint density at radius 2 is 1.65 bits per heavy atom. The van der Waals surface area contributed by atoms with Crippen molar-refractivity contribution in [1.82, 2.24) is 0 Å². The van der Waals surface area contributed by atoms with E-state index in [4.69, 9.17) is 0 Å². The Balaban J connectivity index is 2.79. The van der Waals surface area contributed by atoms with E-state index in [1.165, 1.54) is 25.7 Å². The SMILES string of the molecule is CCC(C)(CC)C1=CCC(C(C)(C)CC)C=C1. The molecule has 0 heteroatoms. The second-order valence-corrected chi connectivity index (χ2v) is 6.47. The quantitative estimate of drug-likeness (QED) is 0.568. The average Bonchev–Trinajstić information content (AvgIpc) is 2.38. The summed E-state index contributed by atoms with van der Waals surface area (Å²) in [5.41, 5.74) is 2.39. The van der Waals surface area contributed by atoms with Crippen molar-refractivity contribution in [2.75, 3.05) is 0 Å². The molecule has 0 aromatic carbocycles. The monoisotopic (exact) mass is 234 g/mol. The van der Waals surface area contributed by atoms with E-state index in [1.54, 1.807) is 5.57 Å². The third-order valence-electron chi connectivity index (χ3n) is 5.27. The molecule has 1 aliphatic rings. The highest BCUT2D eigenvalue weighted by Crippen LogP contribution is 2.42. The van der Waals surface area contributed by atoms with Gasteiger partial charge >= 0.3 is 0 Å². The lowest BCUT2D eigenvalue weighted by Gasteiger charge is -2.36. The molecule has 0 fully saturated rings. The second-order valence-electron chi connectivity index (χ2n) is 6.47. The molecule has 0 heterocycles. The van der Waals surface area contributed by atoms with Crippen LogP contribution < -0.4 is 0 Å². The van der Waals surface area contributed by atoms with Crippen LogP contribution in [0.4, 0.5) is 0 Å². The molecular weight excluding hydrogens is 204 g/mol. The van der Waals surface area contributed by atoms with E-state index < -0.39 is 0 Å². The molecule has 1 rings (SSSR count). The van der Waals surface area contributed by atoms with Gasteiger partial charge in [0.1, 0.15) is 0 Å². The van der Waals surface area contributed by atoms with Gasteiger partial charge in [0.2, 0.25) is 0 Å². The second kappa shape index (κ2) is 5.42. The van der Waals surface area contributed by atoms with Crippen molar-refractivity contribution in [3.05, 3.63) is 23.8 Å². The van der Waals surface area contributed by atoms with Crippen LogP contribution in [-0.4, -0.2) is 0 Å². The normalized spacial score (nSPS) is 21.5. The van der Waals surface area contributed by atoms with E-state index in [0.717, 1.165) is 0 Å². The first kappa shape index (κ1) is 14.5. The topological polar surface area (TPSA) is 0 Å². The Hall–Kier alpha value is -0.520. The zero-order valence-corrected chi connectivity index (χ0v) is 12.6. The highest BCUT2D eigenvalue weighted by Gasteiger charge is 2.30. The molecule has 0 radical (unpaired) electrons. The molecule has 0 bridgehead atoms. The molecule has 1 unspecified atom stereocenters. The molecular formula is C17H30. The fraction of sp³-hybridized carbons (Fsp3) is 0.765. The summed E-state index contributed by atoms with van der Waals surface area (Å²) < 4.78 is 0. The Morgan fingerprint density at radius 3 is 2.00 bits per heavy atom. The van der Waals surface area contributed by atoms with E-state index >= 15 is 0 Å². The third-order valence-corrected chi connectivity index (χ3v) is 5.27. The van der Waals surface area contributed by atoms with Crippen LogP contribution in [0.3, 0.4) is 0 Å². The van der Waals surface area contributed by atoms with Crippen molar-refractivity contribution < 1.29 is 0 Å². The Kier molecular flexibility index (Phi) is 4.63. The minimum Gasteiger partial charge on any atom is -0.0803 e.